The lowest BCUT2D eigenvalue weighted by molar-refractivity contribution is 0.0148. The summed E-state index contributed by atoms with van der Waals surface area (Å²) in [5.41, 5.74) is -0.136. The molecule has 1 saturated carbocycles. The van der Waals surface area contributed by atoms with Crippen molar-refractivity contribution in [3.63, 3.8) is 0 Å². The van der Waals surface area contributed by atoms with Crippen molar-refractivity contribution in [2.24, 2.45) is 5.92 Å². The molecule has 1 saturated heterocycles. The van der Waals surface area contributed by atoms with Crippen molar-refractivity contribution in [1.82, 2.24) is 20.4 Å². The molecular formula is C23H24Cl2F2N6O2. The second kappa shape index (κ2) is 11.1. The number of carbonyl (C=O) groups is 1. The van der Waals surface area contributed by atoms with Gasteiger partial charge < -0.3 is 10.1 Å². The van der Waals surface area contributed by atoms with E-state index >= 15 is 0 Å². The molecule has 1 spiro atoms. The normalized spacial score (nSPS) is 21.1. The fourth-order valence-corrected chi connectivity index (χ4v) is 4.42. The summed E-state index contributed by atoms with van der Waals surface area (Å²) in [6, 6.07) is 10.0. The quantitative estimate of drug-likeness (QED) is 0.498. The van der Waals surface area contributed by atoms with Crippen LogP contribution in [0.15, 0.2) is 48.7 Å². The van der Waals surface area contributed by atoms with Gasteiger partial charge in [-0.15, -0.1) is 40.1 Å². The topological polar surface area (TPSA) is 93.1 Å². The number of carbonyl (C=O) groups excluding carboxylic acids is 1. The Bertz CT molecular complexity index is 1150. The summed E-state index contributed by atoms with van der Waals surface area (Å²) in [7, 11) is 0. The molecule has 1 amide bonds. The molecule has 1 aliphatic heterocycles. The molecule has 2 aliphatic rings. The van der Waals surface area contributed by atoms with Gasteiger partial charge in [0.15, 0.2) is 5.82 Å². The van der Waals surface area contributed by atoms with Gasteiger partial charge >= 0.3 is 6.09 Å². The number of aromatic nitrogens is 4. The van der Waals surface area contributed by atoms with E-state index < -0.39 is 17.2 Å². The van der Waals surface area contributed by atoms with Gasteiger partial charge in [-0.3, -0.25) is 4.90 Å². The number of benzene rings is 1. The smallest absolute Gasteiger partial charge is 0.416 e. The van der Waals surface area contributed by atoms with Gasteiger partial charge in [-0.1, -0.05) is 0 Å². The standard InChI is InChI=1S/C23H22F2N6O2.2ClH/c24-16-3-4-18(25)17(12-16)19-5-6-20(29-28-19)26-13-15-7-9-23(10-8-15)14-31(22(32)33-23)21-2-1-11-27-30-21;;/h1-6,11-12,15H,7-10,13-14H2,(H,26,29);2*1H. The number of hydrogen-bond donors (Lipinski definition) is 1. The molecule has 1 N–H and O–H groups in total. The molecule has 186 valence electrons. The third-order valence-electron chi connectivity index (χ3n) is 6.26. The van der Waals surface area contributed by atoms with Gasteiger partial charge in [0, 0.05) is 18.3 Å². The monoisotopic (exact) mass is 524 g/mol. The molecule has 2 aromatic heterocycles. The summed E-state index contributed by atoms with van der Waals surface area (Å²) in [5, 5.41) is 19.2. The van der Waals surface area contributed by atoms with E-state index in [4.69, 9.17) is 4.74 Å². The Balaban J connectivity index is 0.00000171. The zero-order chi connectivity index (χ0) is 22.8. The molecule has 3 heterocycles. The Labute approximate surface area is 213 Å². The molecule has 1 aliphatic carbocycles. The summed E-state index contributed by atoms with van der Waals surface area (Å²) in [6.45, 7) is 1.18. The summed E-state index contributed by atoms with van der Waals surface area (Å²) in [5.74, 6) is 0.383. The molecule has 12 heteroatoms. The molecule has 0 bridgehead atoms. The van der Waals surface area contributed by atoms with Gasteiger partial charge in [0.25, 0.3) is 0 Å². The van der Waals surface area contributed by atoms with E-state index in [1.54, 1.807) is 35.4 Å². The van der Waals surface area contributed by atoms with E-state index in [-0.39, 0.29) is 42.2 Å². The molecule has 3 aromatic rings. The van der Waals surface area contributed by atoms with E-state index in [1.807, 2.05) is 0 Å². The van der Waals surface area contributed by atoms with E-state index in [9.17, 15) is 13.6 Å². The molecule has 2 fully saturated rings. The Morgan fingerprint density at radius 1 is 1.06 bits per heavy atom. The van der Waals surface area contributed by atoms with Gasteiger partial charge in [0.1, 0.15) is 23.1 Å². The van der Waals surface area contributed by atoms with Crippen LogP contribution in [-0.4, -0.2) is 45.2 Å². The number of rotatable bonds is 5. The van der Waals surface area contributed by atoms with Crippen LogP contribution >= 0.6 is 24.8 Å². The zero-order valence-corrected chi connectivity index (χ0v) is 20.2. The van der Waals surface area contributed by atoms with Crippen LogP contribution in [0.1, 0.15) is 25.7 Å². The van der Waals surface area contributed by atoms with Crippen LogP contribution in [0.25, 0.3) is 11.3 Å². The van der Waals surface area contributed by atoms with E-state index in [1.165, 1.54) is 0 Å². The first-order valence-corrected chi connectivity index (χ1v) is 10.8. The lowest BCUT2D eigenvalue weighted by Gasteiger charge is -2.35. The summed E-state index contributed by atoms with van der Waals surface area (Å²) in [6.07, 6.45) is 4.52. The summed E-state index contributed by atoms with van der Waals surface area (Å²) < 4.78 is 33.1. The van der Waals surface area contributed by atoms with Crippen molar-refractivity contribution in [1.29, 1.82) is 0 Å². The molecular weight excluding hydrogens is 501 g/mol. The van der Waals surface area contributed by atoms with Crippen LogP contribution < -0.4 is 10.2 Å². The van der Waals surface area contributed by atoms with Crippen molar-refractivity contribution < 1.29 is 18.3 Å². The highest BCUT2D eigenvalue weighted by Gasteiger charge is 2.48. The number of ether oxygens (including phenoxy) is 1. The van der Waals surface area contributed by atoms with Crippen LogP contribution in [-0.2, 0) is 4.74 Å². The Morgan fingerprint density at radius 2 is 1.86 bits per heavy atom. The van der Waals surface area contributed by atoms with E-state index in [2.05, 4.69) is 25.7 Å². The van der Waals surface area contributed by atoms with Crippen molar-refractivity contribution in [3.8, 4) is 11.3 Å². The third-order valence-corrected chi connectivity index (χ3v) is 6.26. The Morgan fingerprint density at radius 3 is 2.54 bits per heavy atom. The maximum Gasteiger partial charge on any atom is 0.416 e. The Kier molecular flexibility index (Phi) is 8.39. The van der Waals surface area contributed by atoms with E-state index in [0.717, 1.165) is 43.9 Å². The molecule has 1 aromatic carbocycles. The number of hydrogen-bond acceptors (Lipinski definition) is 7. The average Bonchev–Trinajstić information content (AvgIpc) is 3.17. The third kappa shape index (κ3) is 5.76. The first-order chi connectivity index (χ1) is 16.0. The highest BCUT2D eigenvalue weighted by atomic mass is 35.5. The van der Waals surface area contributed by atoms with Gasteiger partial charge in [0.2, 0.25) is 0 Å². The van der Waals surface area contributed by atoms with Gasteiger partial charge in [-0.25, -0.2) is 13.6 Å². The van der Waals surface area contributed by atoms with Crippen LogP contribution in [0.3, 0.4) is 0 Å². The maximum atomic E-state index is 13.9. The maximum absolute atomic E-state index is 13.9. The van der Waals surface area contributed by atoms with Gasteiger partial charge in [-0.05, 0) is 74.1 Å². The molecule has 8 nitrogen and oxygen atoms in total. The molecule has 35 heavy (non-hydrogen) atoms. The fourth-order valence-electron chi connectivity index (χ4n) is 4.42. The predicted molar refractivity (Wildman–Crippen MR) is 131 cm³/mol. The summed E-state index contributed by atoms with van der Waals surface area (Å²) >= 11 is 0. The lowest BCUT2D eigenvalue weighted by Crippen LogP contribution is -2.39. The number of halogens is 4. The average molecular weight is 525 g/mol. The van der Waals surface area contributed by atoms with Crippen LogP contribution in [0, 0.1) is 17.6 Å². The van der Waals surface area contributed by atoms with Crippen LogP contribution in [0.5, 0.6) is 0 Å². The molecule has 0 atom stereocenters. The predicted octanol–water partition coefficient (Wildman–Crippen LogP) is 5.05. The highest BCUT2D eigenvalue weighted by Crippen LogP contribution is 2.40. The molecule has 0 unspecified atom stereocenters. The van der Waals surface area contributed by atoms with Crippen molar-refractivity contribution in [3.05, 3.63) is 60.3 Å². The van der Waals surface area contributed by atoms with Crippen LogP contribution in [0.4, 0.5) is 25.2 Å². The van der Waals surface area contributed by atoms with E-state index in [0.29, 0.717) is 30.6 Å². The highest BCUT2D eigenvalue weighted by molar-refractivity contribution is 5.89. The molecule has 5 rings (SSSR count). The summed E-state index contributed by atoms with van der Waals surface area (Å²) in [4.78, 5) is 13.9. The Hall–Kier alpha value is -3.11. The van der Waals surface area contributed by atoms with Crippen molar-refractivity contribution >= 4 is 42.5 Å². The van der Waals surface area contributed by atoms with Gasteiger partial charge in [-0.2, -0.15) is 5.10 Å². The number of amides is 1. The fraction of sp³-hybridized carbons (Fsp3) is 0.348. The minimum absolute atomic E-state index is 0. The SMILES string of the molecule is Cl.Cl.O=C1OC2(CCC(CNc3ccc(-c4cc(F)ccc4F)nn3)CC2)CN1c1cccnn1. The number of nitrogens with one attached hydrogen (secondary N) is 1. The first kappa shape index (κ1) is 26.5. The van der Waals surface area contributed by atoms with Crippen molar-refractivity contribution in [2.75, 3.05) is 23.3 Å². The van der Waals surface area contributed by atoms with Gasteiger partial charge in [0.05, 0.1) is 12.2 Å². The van der Waals surface area contributed by atoms with Crippen molar-refractivity contribution in [2.45, 2.75) is 31.3 Å². The lowest BCUT2D eigenvalue weighted by atomic mass is 9.78. The second-order valence-corrected chi connectivity index (χ2v) is 8.47. The molecule has 0 radical (unpaired) electrons. The van der Waals surface area contributed by atoms with Crippen LogP contribution in [0.2, 0.25) is 0 Å². The second-order valence-electron chi connectivity index (χ2n) is 8.47. The first-order valence-electron chi connectivity index (χ1n) is 10.8. The zero-order valence-electron chi connectivity index (χ0n) is 18.6. The minimum atomic E-state index is -0.548. The number of nitrogens with zero attached hydrogens (tertiary/aromatic N) is 5. The minimum Gasteiger partial charge on any atom is -0.441 e. The number of anilines is 2. The largest absolute Gasteiger partial charge is 0.441 e.